The van der Waals surface area contributed by atoms with Gasteiger partial charge in [-0.05, 0) is 24.3 Å². The van der Waals surface area contributed by atoms with Crippen LogP contribution in [0.2, 0.25) is 0 Å². The van der Waals surface area contributed by atoms with Gasteiger partial charge in [0.1, 0.15) is 5.88 Å². The van der Waals surface area contributed by atoms with E-state index in [1.807, 2.05) is 6.07 Å². The van der Waals surface area contributed by atoms with Gasteiger partial charge in [-0.2, -0.15) is 0 Å². The predicted molar refractivity (Wildman–Crippen MR) is 71.2 cm³/mol. The van der Waals surface area contributed by atoms with Gasteiger partial charge in [0.15, 0.2) is 0 Å². The highest BCUT2D eigenvalue weighted by molar-refractivity contribution is 6.29. The van der Waals surface area contributed by atoms with Crippen LogP contribution in [0.15, 0.2) is 18.3 Å². The van der Waals surface area contributed by atoms with Gasteiger partial charge in [-0.15, -0.1) is 11.6 Å². The Morgan fingerprint density at radius 3 is 2.72 bits per heavy atom. The number of carbonyl (C=O) groups excluding carboxylic acids is 1. The molecular weight excluding hydrogens is 252 g/mol. The molecule has 0 bridgehead atoms. The number of alkyl halides is 1. The van der Waals surface area contributed by atoms with Crippen LogP contribution in [0, 0.1) is 5.41 Å². The van der Waals surface area contributed by atoms with Crippen molar-refractivity contribution in [1.82, 2.24) is 4.98 Å². The van der Waals surface area contributed by atoms with E-state index in [1.165, 1.54) is 0 Å². The van der Waals surface area contributed by atoms with Crippen molar-refractivity contribution >= 4 is 23.2 Å². The lowest BCUT2D eigenvalue weighted by atomic mass is 10.1. The van der Waals surface area contributed by atoms with Gasteiger partial charge in [0.2, 0.25) is 11.8 Å². The molecule has 98 valence electrons. The molecular formula is C13H17ClN2O2. The van der Waals surface area contributed by atoms with E-state index in [4.69, 9.17) is 16.3 Å². The SMILES string of the molecule is COc1ccc(N(CC2(C)CC2)C(=O)CCl)cn1. The molecule has 1 aliphatic carbocycles. The smallest absolute Gasteiger partial charge is 0.241 e. The maximum Gasteiger partial charge on any atom is 0.241 e. The highest BCUT2D eigenvalue weighted by Gasteiger charge is 2.40. The summed E-state index contributed by atoms with van der Waals surface area (Å²) in [5.41, 5.74) is 1.01. The zero-order valence-electron chi connectivity index (χ0n) is 10.6. The standard InChI is InChI=1S/C13H17ClN2O2/c1-13(5-6-13)9-16(12(17)7-14)10-3-4-11(18-2)15-8-10/h3-4,8H,5-7,9H2,1-2H3. The van der Waals surface area contributed by atoms with Gasteiger partial charge in [0.25, 0.3) is 0 Å². The molecule has 4 nitrogen and oxygen atoms in total. The largest absolute Gasteiger partial charge is 0.481 e. The third kappa shape index (κ3) is 2.93. The molecule has 5 heteroatoms. The van der Waals surface area contributed by atoms with E-state index in [9.17, 15) is 4.79 Å². The number of amides is 1. The molecule has 0 aliphatic heterocycles. The van der Waals surface area contributed by atoms with Crippen LogP contribution in [0.25, 0.3) is 0 Å². The molecule has 0 N–H and O–H groups in total. The molecule has 0 aromatic carbocycles. The van der Waals surface area contributed by atoms with Crippen LogP contribution in [0.1, 0.15) is 19.8 Å². The minimum atomic E-state index is -0.0863. The average molecular weight is 269 g/mol. The zero-order chi connectivity index (χ0) is 13.2. The van der Waals surface area contributed by atoms with Crippen molar-refractivity contribution in [2.45, 2.75) is 19.8 Å². The van der Waals surface area contributed by atoms with Crippen LogP contribution < -0.4 is 9.64 Å². The van der Waals surface area contributed by atoms with Crippen molar-refractivity contribution in [3.8, 4) is 5.88 Å². The first kappa shape index (κ1) is 13.1. The summed E-state index contributed by atoms with van der Waals surface area (Å²) < 4.78 is 5.01. The van der Waals surface area contributed by atoms with Gasteiger partial charge in [-0.3, -0.25) is 4.79 Å². The number of hydrogen-bond donors (Lipinski definition) is 0. The topological polar surface area (TPSA) is 42.4 Å². The first-order valence-corrected chi connectivity index (χ1v) is 6.48. The number of halogens is 1. The average Bonchev–Trinajstić information content (AvgIpc) is 3.13. The second kappa shape index (κ2) is 5.14. The Morgan fingerprint density at radius 2 is 2.28 bits per heavy atom. The summed E-state index contributed by atoms with van der Waals surface area (Å²) in [4.78, 5) is 17.7. The molecule has 1 saturated carbocycles. The minimum absolute atomic E-state index is 0.0118. The fourth-order valence-electron chi connectivity index (χ4n) is 1.80. The fraction of sp³-hybridized carbons (Fsp3) is 0.538. The van der Waals surface area contributed by atoms with Gasteiger partial charge in [0, 0.05) is 12.6 Å². The number of hydrogen-bond acceptors (Lipinski definition) is 3. The maximum absolute atomic E-state index is 11.9. The summed E-state index contributed by atoms with van der Waals surface area (Å²) in [6.45, 7) is 2.88. The van der Waals surface area contributed by atoms with Gasteiger partial charge >= 0.3 is 0 Å². The van der Waals surface area contributed by atoms with E-state index < -0.39 is 0 Å². The zero-order valence-corrected chi connectivity index (χ0v) is 11.4. The Labute approximate surface area is 112 Å². The van der Waals surface area contributed by atoms with Crippen molar-refractivity contribution < 1.29 is 9.53 Å². The molecule has 0 saturated heterocycles. The molecule has 0 unspecified atom stereocenters. The number of nitrogens with zero attached hydrogens (tertiary/aromatic N) is 2. The Kier molecular flexibility index (Phi) is 3.76. The van der Waals surface area contributed by atoms with E-state index in [0.29, 0.717) is 12.4 Å². The molecule has 0 atom stereocenters. The molecule has 1 aromatic rings. The summed E-state index contributed by atoms with van der Waals surface area (Å²) in [5, 5.41) is 0. The highest BCUT2D eigenvalue weighted by Crippen LogP contribution is 2.46. The van der Waals surface area contributed by atoms with E-state index in [-0.39, 0.29) is 17.2 Å². The van der Waals surface area contributed by atoms with Crippen LogP contribution in [0.4, 0.5) is 5.69 Å². The van der Waals surface area contributed by atoms with Crippen LogP contribution in [0.5, 0.6) is 5.88 Å². The molecule has 18 heavy (non-hydrogen) atoms. The van der Waals surface area contributed by atoms with Crippen LogP contribution in [-0.2, 0) is 4.79 Å². The number of ether oxygens (including phenoxy) is 1. The monoisotopic (exact) mass is 268 g/mol. The van der Waals surface area contributed by atoms with Crippen molar-refractivity contribution in [2.75, 3.05) is 24.4 Å². The first-order valence-electron chi connectivity index (χ1n) is 5.94. The summed E-state index contributed by atoms with van der Waals surface area (Å²) >= 11 is 5.67. The molecule has 1 aromatic heterocycles. The summed E-state index contributed by atoms with van der Waals surface area (Å²) in [7, 11) is 1.56. The summed E-state index contributed by atoms with van der Waals surface area (Å²) in [5.74, 6) is 0.439. The lowest BCUT2D eigenvalue weighted by molar-refractivity contribution is -0.116. The van der Waals surface area contributed by atoms with Gasteiger partial charge in [-0.1, -0.05) is 6.92 Å². The lowest BCUT2D eigenvalue weighted by Crippen LogP contribution is -2.36. The third-order valence-corrected chi connectivity index (χ3v) is 3.53. The maximum atomic E-state index is 11.9. The van der Waals surface area contributed by atoms with Crippen molar-refractivity contribution in [2.24, 2.45) is 5.41 Å². The molecule has 0 spiro atoms. The van der Waals surface area contributed by atoms with Gasteiger partial charge in [0.05, 0.1) is 19.0 Å². The molecule has 1 amide bonds. The van der Waals surface area contributed by atoms with Crippen molar-refractivity contribution in [3.63, 3.8) is 0 Å². The minimum Gasteiger partial charge on any atom is -0.481 e. The van der Waals surface area contributed by atoms with Gasteiger partial charge < -0.3 is 9.64 Å². The van der Waals surface area contributed by atoms with Crippen LogP contribution in [0.3, 0.4) is 0 Å². The molecule has 0 radical (unpaired) electrons. The summed E-state index contributed by atoms with van der Waals surface area (Å²) in [6, 6.07) is 3.58. The molecule has 1 aliphatic rings. The molecule has 2 rings (SSSR count). The normalized spacial score (nSPS) is 16.2. The first-order chi connectivity index (χ1) is 8.58. The van der Waals surface area contributed by atoms with Gasteiger partial charge in [-0.25, -0.2) is 4.98 Å². The second-order valence-electron chi connectivity index (χ2n) is 4.98. The summed E-state index contributed by atoms with van der Waals surface area (Å²) in [6.07, 6.45) is 3.96. The molecule has 1 heterocycles. The lowest BCUT2D eigenvalue weighted by Gasteiger charge is -2.25. The Hall–Kier alpha value is -1.29. The van der Waals surface area contributed by atoms with E-state index in [2.05, 4.69) is 11.9 Å². The fourth-order valence-corrected chi connectivity index (χ4v) is 1.95. The van der Waals surface area contributed by atoms with Crippen molar-refractivity contribution in [1.29, 1.82) is 0 Å². The van der Waals surface area contributed by atoms with E-state index in [0.717, 1.165) is 18.5 Å². The number of methoxy groups -OCH3 is 1. The van der Waals surface area contributed by atoms with Crippen LogP contribution in [-0.4, -0.2) is 30.4 Å². The Bertz CT molecular complexity index is 429. The number of aromatic nitrogens is 1. The second-order valence-corrected chi connectivity index (χ2v) is 5.25. The number of anilines is 1. The van der Waals surface area contributed by atoms with E-state index in [1.54, 1.807) is 24.3 Å². The number of pyridine rings is 1. The van der Waals surface area contributed by atoms with Crippen LogP contribution >= 0.6 is 11.6 Å². The number of rotatable bonds is 5. The number of carbonyl (C=O) groups is 1. The Morgan fingerprint density at radius 1 is 1.56 bits per heavy atom. The highest BCUT2D eigenvalue weighted by atomic mass is 35.5. The predicted octanol–water partition coefficient (Wildman–Crippen LogP) is 2.46. The Balaban J connectivity index is 2.18. The third-order valence-electron chi connectivity index (χ3n) is 3.30. The molecule has 1 fully saturated rings. The quantitative estimate of drug-likeness (QED) is 0.771. The van der Waals surface area contributed by atoms with Crippen molar-refractivity contribution in [3.05, 3.63) is 18.3 Å². The van der Waals surface area contributed by atoms with E-state index >= 15 is 0 Å².